The fourth-order valence-electron chi connectivity index (χ4n) is 5.33. The Morgan fingerprint density at radius 3 is 2.32 bits per heavy atom. The molecule has 0 saturated carbocycles. The summed E-state index contributed by atoms with van der Waals surface area (Å²) < 4.78 is 13.5. The van der Waals surface area contributed by atoms with Crippen LogP contribution >= 0.6 is 0 Å². The zero-order chi connectivity index (χ0) is 26.1. The number of methoxy groups -OCH3 is 2. The molecule has 0 aliphatic carbocycles. The summed E-state index contributed by atoms with van der Waals surface area (Å²) in [5, 5.41) is 4.25. The van der Waals surface area contributed by atoms with E-state index in [4.69, 9.17) is 9.47 Å². The molecule has 1 aliphatic rings. The second-order valence-electron chi connectivity index (χ2n) is 9.10. The van der Waals surface area contributed by atoms with E-state index in [0.717, 1.165) is 54.4 Å². The van der Waals surface area contributed by atoms with Gasteiger partial charge in [0.1, 0.15) is 0 Å². The average Bonchev–Trinajstić information content (AvgIpc) is 3.58. The summed E-state index contributed by atoms with van der Waals surface area (Å²) in [6.07, 6.45) is 4.69. The number of carbonyl (C=O) groups excluding carboxylic acids is 2. The lowest BCUT2D eigenvalue weighted by Gasteiger charge is -2.18. The third kappa shape index (κ3) is 4.17. The number of ether oxygens (including phenoxy) is 2. The van der Waals surface area contributed by atoms with Gasteiger partial charge in [0.2, 0.25) is 0 Å². The van der Waals surface area contributed by atoms with Crippen molar-refractivity contribution in [2.24, 2.45) is 0 Å². The maximum atomic E-state index is 13.3. The summed E-state index contributed by atoms with van der Waals surface area (Å²) in [5.41, 5.74) is 3.89. The number of imide groups is 1. The Bertz CT molecular complexity index is 1520. The summed E-state index contributed by atoms with van der Waals surface area (Å²) >= 11 is 0. The van der Waals surface area contributed by atoms with Crippen molar-refractivity contribution in [1.29, 1.82) is 0 Å². The molecule has 8 nitrogen and oxygen atoms in total. The largest absolute Gasteiger partial charge is 0.493 e. The number of nitrogens with zero attached hydrogens (tertiary/aromatic N) is 2. The van der Waals surface area contributed by atoms with Gasteiger partial charge in [0.25, 0.3) is 11.8 Å². The van der Waals surface area contributed by atoms with Gasteiger partial charge in [-0.2, -0.15) is 0 Å². The number of hydrogen-bond donors (Lipinski definition) is 2. The van der Waals surface area contributed by atoms with Crippen molar-refractivity contribution in [3.05, 3.63) is 59.9 Å². The van der Waals surface area contributed by atoms with Crippen molar-refractivity contribution < 1.29 is 19.1 Å². The normalized spacial score (nSPS) is 13.9. The number of fused-ring (bicyclic) bond motifs is 2. The second-order valence-corrected chi connectivity index (χ2v) is 9.10. The van der Waals surface area contributed by atoms with Crippen molar-refractivity contribution in [2.45, 2.75) is 26.8 Å². The highest BCUT2D eigenvalue weighted by Gasteiger charge is 2.35. The number of rotatable bonds is 10. The Hall–Kier alpha value is -4.04. The van der Waals surface area contributed by atoms with Gasteiger partial charge in [0.05, 0.1) is 30.9 Å². The molecule has 2 N–H and O–H groups in total. The lowest BCUT2D eigenvalue weighted by atomic mass is 9.95. The SMILES string of the molecule is CCN(CC)CCCn1cc(C2=C(c3c[nH]c4ccccc34)C(=O)NC2=O)c2ccc(OC)c(OC)c21. The van der Waals surface area contributed by atoms with Crippen LogP contribution in [0.15, 0.2) is 48.8 Å². The molecule has 0 unspecified atom stereocenters. The highest BCUT2D eigenvalue weighted by molar-refractivity contribution is 6.50. The quantitative estimate of drug-likeness (QED) is 0.314. The molecule has 0 saturated heterocycles. The lowest BCUT2D eigenvalue weighted by Crippen LogP contribution is -2.24. The van der Waals surface area contributed by atoms with Crippen LogP contribution in [-0.2, 0) is 16.1 Å². The monoisotopic (exact) mass is 500 g/mol. The number of para-hydroxylation sites is 1. The average molecular weight is 501 g/mol. The number of aromatic nitrogens is 2. The van der Waals surface area contributed by atoms with Crippen LogP contribution < -0.4 is 14.8 Å². The third-order valence-electron chi connectivity index (χ3n) is 7.21. The second kappa shape index (κ2) is 10.1. The lowest BCUT2D eigenvalue weighted by molar-refractivity contribution is -0.122. The molecular weight excluding hydrogens is 468 g/mol. The van der Waals surface area contributed by atoms with Crippen LogP contribution in [0.1, 0.15) is 31.4 Å². The van der Waals surface area contributed by atoms with E-state index in [0.29, 0.717) is 33.8 Å². The molecule has 0 radical (unpaired) electrons. The van der Waals surface area contributed by atoms with Crippen LogP contribution in [0.3, 0.4) is 0 Å². The van der Waals surface area contributed by atoms with Crippen LogP contribution in [0.5, 0.6) is 11.5 Å². The van der Waals surface area contributed by atoms with Crippen molar-refractivity contribution in [3.63, 3.8) is 0 Å². The summed E-state index contributed by atoms with van der Waals surface area (Å²) in [6, 6.07) is 11.5. The van der Waals surface area contributed by atoms with Gasteiger partial charge in [-0.3, -0.25) is 14.9 Å². The number of nitrogens with one attached hydrogen (secondary N) is 2. The summed E-state index contributed by atoms with van der Waals surface area (Å²) in [7, 11) is 3.23. The zero-order valence-electron chi connectivity index (χ0n) is 21.7. The van der Waals surface area contributed by atoms with Crippen molar-refractivity contribution in [1.82, 2.24) is 19.8 Å². The predicted molar refractivity (Wildman–Crippen MR) is 146 cm³/mol. The topological polar surface area (TPSA) is 88.6 Å². The molecule has 2 amide bonds. The highest BCUT2D eigenvalue weighted by atomic mass is 16.5. The Morgan fingerprint density at radius 1 is 0.892 bits per heavy atom. The van der Waals surface area contributed by atoms with Gasteiger partial charge >= 0.3 is 0 Å². The van der Waals surface area contributed by atoms with E-state index in [1.807, 2.05) is 42.6 Å². The minimum Gasteiger partial charge on any atom is -0.493 e. The van der Waals surface area contributed by atoms with Crippen molar-refractivity contribution >= 4 is 44.8 Å². The number of amides is 2. The smallest absolute Gasteiger partial charge is 0.259 e. The zero-order valence-corrected chi connectivity index (χ0v) is 21.7. The van der Waals surface area contributed by atoms with Gasteiger partial charge < -0.3 is 23.9 Å². The van der Waals surface area contributed by atoms with Gasteiger partial charge in [0.15, 0.2) is 11.5 Å². The van der Waals surface area contributed by atoms with Gasteiger partial charge in [0, 0.05) is 46.4 Å². The van der Waals surface area contributed by atoms with Gasteiger partial charge in [-0.25, -0.2) is 0 Å². The molecule has 2 aromatic heterocycles. The predicted octanol–water partition coefficient (Wildman–Crippen LogP) is 4.44. The summed E-state index contributed by atoms with van der Waals surface area (Å²) in [5.74, 6) is 0.422. The number of aryl methyl sites for hydroxylation is 1. The van der Waals surface area contributed by atoms with Crippen LogP contribution in [-0.4, -0.2) is 60.1 Å². The molecule has 0 fully saturated rings. The Kier molecular flexibility index (Phi) is 6.76. The Labute approximate surface area is 215 Å². The molecule has 0 atom stereocenters. The van der Waals surface area contributed by atoms with Crippen LogP contribution in [0.25, 0.3) is 33.0 Å². The minimum absolute atomic E-state index is 0.370. The van der Waals surface area contributed by atoms with E-state index in [9.17, 15) is 9.59 Å². The molecule has 37 heavy (non-hydrogen) atoms. The minimum atomic E-state index is -0.401. The molecule has 4 aromatic rings. The molecule has 5 rings (SSSR count). The standard InChI is InChI=1S/C29H32N4O4/c1-5-32(6-2)14-9-15-33-17-21(19-12-13-23(36-3)27(37-4)26(19)33)25-24(28(34)31-29(25)35)20-16-30-22-11-8-7-10-18(20)22/h7-8,10-13,16-17,30H,5-6,9,14-15H2,1-4H3,(H,31,34,35). The molecule has 0 spiro atoms. The fourth-order valence-corrected chi connectivity index (χ4v) is 5.33. The maximum Gasteiger partial charge on any atom is 0.259 e. The first kappa shape index (κ1) is 24.6. The molecule has 2 aromatic carbocycles. The van der Waals surface area contributed by atoms with Crippen molar-refractivity contribution in [2.75, 3.05) is 33.9 Å². The number of H-pyrrole nitrogens is 1. The number of carbonyl (C=O) groups is 2. The fraction of sp³-hybridized carbons (Fsp3) is 0.310. The van der Waals surface area contributed by atoms with Crippen molar-refractivity contribution in [3.8, 4) is 11.5 Å². The highest BCUT2D eigenvalue weighted by Crippen LogP contribution is 2.43. The molecule has 3 heterocycles. The molecular formula is C29H32N4O4. The van der Waals surface area contributed by atoms with Gasteiger partial charge in [-0.15, -0.1) is 0 Å². The van der Waals surface area contributed by atoms with Crippen LogP contribution in [0, 0.1) is 0 Å². The third-order valence-corrected chi connectivity index (χ3v) is 7.21. The van der Waals surface area contributed by atoms with E-state index in [1.54, 1.807) is 20.4 Å². The summed E-state index contributed by atoms with van der Waals surface area (Å²) in [4.78, 5) is 32.0. The number of benzene rings is 2. The Morgan fingerprint density at radius 2 is 1.62 bits per heavy atom. The van der Waals surface area contributed by atoms with E-state index in [2.05, 4.69) is 33.6 Å². The molecule has 8 heteroatoms. The molecule has 1 aliphatic heterocycles. The van der Waals surface area contributed by atoms with E-state index in [1.165, 1.54) is 0 Å². The summed E-state index contributed by atoms with van der Waals surface area (Å²) in [6.45, 7) is 7.99. The maximum absolute atomic E-state index is 13.3. The first-order valence-corrected chi connectivity index (χ1v) is 12.6. The van der Waals surface area contributed by atoms with Crippen LogP contribution in [0.4, 0.5) is 0 Å². The first-order valence-electron chi connectivity index (χ1n) is 12.6. The van der Waals surface area contributed by atoms with E-state index >= 15 is 0 Å². The molecule has 0 bridgehead atoms. The first-order chi connectivity index (χ1) is 18.0. The number of hydrogen-bond acceptors (Lipinski definition) is 5. The Balaban J connectivity index is 1.71. The van der Waals surface area contributed by atoms with Gasteiger partial charge in [-0.05, 0) is 44.3 Å². The van der Waals surface area contributed by atoms with Crippen LogP contribution in [0.2, 0.25) is 0 Å². The van der Waals surface area contributed by atoms with E-state index < -0.39 is 11.8 Å². The number of aromatic amines is 1. The molecule has 192 valence electrons. The van der Waals surface area contributed by atoms with Gasteiger partial charge in [-0.1, -0.05) is 32.0 Å². The van der Waals surface area contributed by atoms with E-state index in [-0.39, 0.29) is 0 Å².